The number of nitrogens with one attached hydrogen (secondary N) is 1. The highest BCUT2D eigenvalue weighted by molar-refractivity contribution is 7.89. The van der Waals surface area contributed by atoms with E-state index in [4.69, 9.17) is 5.11 Å². The van der Waals surface area contributed by atoms with Gasteiger partial charge in [-0.05, 0) is 23.6 Å². The van der Waals surface area contributed by atoms with Gasteiger partial charge in [0, 0.05) is 23.2 Å². The Morgan fingerprint density at radius 1 is 1.33 bits per heavy atom. The lowest BCUT2D eigenvalue weighted by Crippen LogP contribution is -2.35. The Hall–Kier alpha value is -1.77. The van der Waals surface area contributed by atoms with Crippen LogP contribution in [0.5, 0.6) is 0 Å². The molecule has 1 unspecified atom stereocenters. The van der Waals surface area contributed by atoms with Gasteiger partial charge < -0.3 is 5.11 Å². The number of rotatable bonds is 7. The molecule has 0 aromatic carbocycles. The van der Waals surface area contributed by atoms with Crippen molar-refractivity contribution in [3.8, 4) is 0 Å². The zero-order chi connectivity index (χ0) is 15.3. The van der Waals surface area contributed by atoms with Crippen LogP contribution in [0.25, 0.3) is 0 Å². The lowest BCUT2D eigenvalue weighted by molar-refractivity contribution is -0.139. The van der Waals surface area contributed by atoms with Crippen LogP contribution in [0.3, 0.4) is 0 Å². The third-order valence-corrected chi connectivity index (χ3v) is 5.00. The summed E-state index contributed by atoms with van der Waals surface area (Å²) in [7, 11) is -3.71. The summed E-state index contributed by atoms with van der Waals surface area (Å²) in [6.45, 7) is 0. The Kier molecular flexibility index (Phi) is 5.05. The van der Waals surface area contributed by atoms with Crippen LogP contribution in [0, 0.1) is 0 Å². The molecule has 8 heteroatoms. The number of hydrogen-bond donors (Lipinski definition) is 2. The third-order valence-electron chi connectivity index (χ3n) is 2.73. The third kappa shape index (κ3) is 4.62. The van der Waals surface area contributed by atoms with E-state index in [1.54, 1.807) is 41.9 Å². The second-order valence-corrected chi connectivity index (χ2v) is 7.15. The van der Waals surface area contributed by atoms with Gasteiger partial charge >= 0.3 is 5.97 Å². The molecule has 2 N–H and O–H groups in total. The predicted molar refractivity (Wildman–Crippen MR) is 79.6 cm³/mol. The molecule has 1 atom stereocenters. The van der Waals surface area contributed by atoms with E-state index in [1.165, 1.54) is 11.3 Å². The normalized spacial score (nSPS) is 13.0. The number of sulfonamides is 1. The molecule has 21 heavy (non-hydrogen) atoms. The molecule has 6 nitrogen and oxygen atoms in total. The first-order valence-corrected chi connectivity index (χ1v) is 8.67. The number of thiophene rings is 1. The fraction of sp³-hybridized carbons (Fsp3) is 0.231. The molecule has 0 saturated carbocycles. The van der Waals surface area contributed by atoms with Crippen LogP contribution in [-0.2, 0) is 21.2 Å². The van der Waals surface area contributed by atoms with E-state index < -0.39 is 22.0 Å². The summed E-state index contributed by atoms with van der Waals surface area (Å²) in [6, 6.07) is 7.26. The van der Waals surface area contributed by atoms with Crippen molar-refractivity contribution in [3.05, 3.63) is 52.5 Å². The first kappa shape index (κ1) is 15.6. The molecule has 2 aromatic heterocycles. The number of aromatic nitrogens is 1. The second kappa shape index (κ2) is 6.79. The van der Waals surface area contributed by atoms with Crippen molar-refractivity contribution >= 4 is 27.3 Å². The number of aryl methyl sites for hydroxylation is 1. The van der Waals surface area contributed by atoms with Crippen molar-refractivity contribution in [1.29, 1.82) is 0 Å². The summed E-state index contributed by atoms with van der Waals surface area (Å²) >= 11 is 1.19. The average molecular weight is 326 g/mol. The minimum atomic E-state index is -3.71. The summed E-state index contributed by atoms with van der Waals surface area (Å²) in [5, 5.41) is 10.9. The van der Waals surface area contributed by atoms with Gasteiger partial charge in [0.2, 0.25) is 10.0 Å². The maximum atomic E-state index is 12.0. The smallest absolute Gasteiger partial charge is 0.327 e. The lowest BCUT2D eigenvalue weighted by Gasteiger charge is -2.13. The van der Waals surface area contributed by atoms with Crippen molar-refractivity contribution in [2.75, 3.05) is 5.75 Å². The SMILES string of the molecule is O=C(O)C(NS(=O)(=O)CCc1ccccn1)c1cccs1. The number of carboxylic acid groups (broad SMARTS) is 1. The fourth-order valence-corrected chi connectivity index (χ4v) is 3.73. The number of nitrogens with zero attached hydrogens (tertiary/aromatic N) is 1. The standard InChI is InChI=1S/C13H14N2O4S2/c16-13(17)12(11-5-3-8-20-11)15-21(18,19)9-6-10-4-1-2-7-14-10/h1-5,7-8,12,15H,6,9H2,(H,16,17). The fourth-order valence-electron chi connectivity index (χ4n) is 1.71. The maximum Gasteiger partial charge on any atom is 0.327 e. The molecule has 2 heterocycles. The van der Waals surface area contributed by atoms with Crippen molar-refractivity contribution < 1.29 is 18.3 Å². The number of carbonyl (C=O) groups is 1. The van der Waals surface area contributed by atoms with E-state index in [-0.39, 0.29) is 12.2 Å². The molecule has 0 aliphatic rings. The average Bonchev–Trinajstić information content (AvgIpc) is 2.98. The molecule has 0 radical (unpaired) electrons. The highest BCUT2D eigenvalue weighted by Gasteiger charge is 2.26. The topological polar surface area (TPSA) is 96.4 Å². The van der Waals surface area contributed by atoms with Gasteiger partial charge in [-0.1, -0.05) is 12.1 Å². The van der Waals surface area contributed by atoms with Crippen LogP contribution >= 0.6 is 11.3 Å². The Bertz CT molecular complexity index is 684. The molecule has 112 valence electrons. The van der Waals surface area contributed by atoms with Crippen molar-refractivity contribution in [3.63, 3.8) is 0 Å². The van der Waals surface area contributed by atoms with Gasteiger partial charge in [0.25, 0.3) is 0 Å². The quantitative estimate of drug-likeness (QED) is 0.802. The zero-order valence-corrected chi connectivity index (χ0v) is 12.6. The summed E-state index contributed by atoms with van der Waals surface area (Å²) in [5.41, 5.74) is 0.644. The van der Waals surface area contributed by atoms with E-state index in [0.29, 0.717) is 10.6 Å². The van der Waals surface area contributed by atoms with Crippen LogP contribution in [0.2, 0.25) is 0 Å². The molecule has 2 rings (SSSR count). The van der Waals surface area contributed by atoms with Crippen LogP contribution in [0.1, 0.15) is 16.6 Å². The van der Waals surface area contributed by atoms with Crippen molar-refractivity contribution in [1.82, 2.24) is 9.71 Å². The molecule has 0 bridgehead atoms. The summed E-state index contributed by atoms with van der Waals surface area (Å²) in [4.78, 5) is 15.7. The Morgan fingerprint density at radius 2 is 2.14 bits per heavy atom. The monoisotopic (exact) mass is 326 g/mol. The van der Waals surface area contributed by atoms with E-state index in [2.05, 4.69) is 9.71 Å². The molecule has 0 saturated heterocycles. The van der Waals surface area contributed by atoms with Gasteiger partial charge in [0.1, 0.15) is 0 Å². The molecular formula is C13H14N2O4S2. The largest absolute Gasteiger partial charge is 0.480 e. The molecule has 0 fully saturated rings. The summed E-state index contributed by atoms with van der Waals surface area (Å²) in [6.07, 6.45) is 1.81. The van der Waals surface area contributed by atoms with Gasteiger partial charge in [-0.2, -0.15) is 4.72 Å². The Morgan fingerprint density at radius 3 is 2.71 bits per heavy atom. The van der Waals surface area contributed by atoms with Crippen LogP contribution in [0.15, 0.2) is 41.9 Å². The highest BCUT2D eigenvalue weighted by Crippen LogP contribution is 2.20. The van der Waals surface area contributed by atoms with Crippen molar-refractivity contribution in [2.45, 2.75) is 12.5 Å². The molecular weight excluding hydrogens is 312 g/mol. The van der Waals surface area contributed by atoms with Crippen LogP contribution in [0.4, 0.5) is 0 Å². The lowest BCUT2D eigenvalue weighted by atomic mass is 10.3. The first-order valence-electron chi connectivity index (χ1n) is 6.14. The molecule has 0 spiro atoms. The number of pyridine rings is 1. The number of aliphatic carboxylic acids is 1. The summed E-state index contributed by atoms with van der Waals surface area (Å²) in [5.74, 6) is -1.43. The second-order valence-electron chi connectivity index (χ2n) is 4.29. The van der Waals surface area contributed by atoms with E-state index in [1.807, 2.05) is 0 Å². The van der Waals surface area contributed by atoms with Gasteiger partial charge in [-0.3, -0.25) is 9.78 Å². The zero-order valence-electron chi connectivity index (χ0n) is 11.0. The first-order chi connectivity index (χ1) is 9.98. The van der Waals surface area contributed by atoms with Gasteiger partial charge in [0.15, 0.2) is 6.04 Å². The van der Waals surface area contributed by atoms with E-state index in [9.17, 15) is 13.2 Å². The van der Waals surface area contributed by atoms with Crippen LogP contribution < -0.4 is 4.72 Å². The van der Waals surface area contributed by atoms with E-state index >= 15 is 0 Å². The number of hydrogen-bond acceptors (Lipinski definition) is 5. The summed E-state index contributed by atoms with van der Waals surface area (Å²) < 4.78 is 26.3. The van der Waals surface area contributed by atoms with Gasteiger partial charge in [0.05, 0.1) is 5.75 Å². The molecule has 0 aliphatic carbocycles. The van der Waals surface area contributed by atoms with Gasteiger partial charge in [-0.15, -0.1) is 11.3 Å². The van der Waals surface area contributed by atoms with Crippen molar-refractivity contribution in [2.24, 2.45) is 0 Å². The van der Waals surface area contributed by atoms with Crippen LogP contribution in [-0.4, -0.2) is 30.2 Å². The Balaban J connectivity index is 2.04. The molecule has 0 amide bonds. The maximum absolute atomic E-state index is 12.0. The Labute approximate surface area is 126 Å². The minimum absolute atomic E-state index is 0.209. The number of carboxylic acids is 1. The molecule has 2 aromatic rings. The highest BCUT2D eigenvalue weighted by atomic mass is 32.2. The van der Waals surface area contributed by atoms with Gasteiger partial charge in [-0.25, -0.2) is 8.42 Å². The predicted octanol–water partition coefficient (Wildman–Crippen LogP) is 1.43. The minimum Gasteiger partial charge on any atom is -0.480 e. The van der Waals surface area contributed by atoms with E-state index in [0.717, 1.165) is 0 Å². The molecule has 0 aliphatic heterocycles.